The van der Waals surface area contributed by atoms with Gasteiger partial charge in [0, 0.05) is 19.3 Å². The average Bonchev–Trinajstić information content (AvgIpc) is 2.27. The first-order chi connectivity index (χ1) is 7.94. The van der Waals surface area contributed by atoms with Gasteiger partial charge in [0.2, 0.25) is 0 Å². The molecule has 1 aliphatic rings. The Morgan fingerprint density at radius 3 is 2.82 bits per heavy atom. The number of esters is 1. The van der Waals surface area contributed by atoms with Crippen molar-refractivity contribution in [1.82, 2.24) is 4.90 Å². The van der Waals surface area contributed by atoms with Gasteiger partial charge >= 0.3 is 5.97 Å². The topological polar surface area (TPSA) is 72.9 Å². The fourth-order valence-electron chi connectivity index (χ4n) is 1.79. The van der Waals surface area contributed by atoms with Gasteiger partial charge in [0.15, 0.2) is 0 Å². The Hall–Kier alpha value is -0.660. The third-order valence-electron chi connectivity index (χ3n) is 2.67. The standard InChI is InChI=1S/C10H19NO5S/c1-15-10(12)9-8-16-6-5-11(9)4-3-7-17(2,13)14/h9H,3-8H2,1-2H3. The summed E-state index contributed by atoms with van der Waals surface area (Å²) in [5, 5.41) is 0. The highest BCUT2D eigenvalue weighted by molar-refractivity contribution is 7.90. The second-order valence-electron chi connectivity index (χ2n) is 4.13. The predicted octanol–water partition coefficient (Wildman–Crippen LogP) is -0.705. The van der Waals surface area contributed by atoms with Crippen molar-refractivity contribution in [1.29, 1.82) is 0 Å². The normalized spacial score (nSPS) is 22.4. The number of rotatable bonds is 5. The third kappa shape index (κ3) is 5.01. The highest BCUT2D eigenvalue weighted by Crippen LogP contribution is 2.09. The van der Waals surface area contributed by atoms with Crippen molar-refractivity contribution in [2.45, 2.75) is 12.5 Å². The zero-order chi connectivity index (χ0) is 12.9. The quantitative estimate of drug-likeness (QED) is 0.612. The molecular weight excluding hydrogens is 246 g/mol. The summed E-state index contributed by atoms with van der Waals surface area (Å²) in [4.78, 5) is 13.4. The van der Waals surface area contributed by atoms with Crippen LogP contribution in [0.15, 0.2) is 0 Å². The Labute approximate surface area is 102 Å². The van der Waals surface area contributed by atoms with Crippen LogP contribution >= 0.6 is 0 Å². The minimum atomic E-state index is -2.94. The maximum Gasteiger partial charge on any atom is 0.325 e. The molecular formula is C10H19NO5S. The third-order valence-corrected chi connectivity index (χ3v) is 3.70. The van der Waals surface area contributed by atoms with Crippen LogP contribution in [0.25, 0.3) is 0 Å². The zero-order valence-electron chi connectivity index (χ0n) is 10.2. The van der Waals surface area contributed by atoms with E-state index in [-0.39, 0.29) is 11.7 Å². The Bertz CT molecular complexity index is 354. The van der Waals surface area contributed by atoms with Gasteiger partial charge in [-0.3, -0.25) is 9.69 Å². The van der Waals surface area contributed by atoms with Crippen LogP contribution in [0.2, 0.25) is 0 Å². The lowest BCUT2D eigenvalue weighted by molar-refractivity contribution is -0.153. The Balaban J connectivity index is 2.46. The van der Waals surface area contributed by atoms with Gasteiger partial charge in [0.25, 0.3) is 0 Å². The van der Waals surface area contributed by atoms with Gasteiger partial charge in [-0.15, -0.1) is 0 Å². The second kappa shape index (κ2) is 6.32. The summed E-state index contributed by atoms with van der Waals surface area (Å²) in [7, 11) is -1.60. The van der Waals surface area contributed by atoms with Crippen LogP contribution in [-0.2, 0) is 24.1 Å². The van der Waals surface area contributed by atoms with E-state index in [9.17, 15) is 13.2 Å². The van der Waals surface area contributed by atoms with Gasteiger partial charge in [0.1, 0.15) is 15.9 Å². The first kappa shape index (κ1) is 14.4. The highest BCUT2D eigenvalue weighted by Gasteiger charge is 2.29. The molecule has 0 radical (unpaired) electrons. The molecule has 0 aromatic carbocycles. The molecule has 0 aromatic rings. The number of hydrogen-bond acceptors (Lipinski definition) is 6. The molecule has 0 bridgehead atoms. The summed E-state index contributed by atoms with van der Waals surface area (Å²) in [6, 6.07) is -0.409. The van der Waals surface area contributed by atoms with Crippen molar-refractivity contribution in [2.75, 3.05) is 45.4 Å². The first-order valence-electron chi connectivity index (χ1n) is 5.51. The van der Waals surface area contributed by atoms with E-state index in [0.717, 1.165) is 0 Å². The van der Waals surface area contributed by atoms with E-state index in [2.05, 4.69) is 4.74 Å². The van der Waals surface area contributed by atoms with Gasteiger partial charge < -0.3 is 9.47 Å². The molecule has 1 unspecified atom stereocenters. The van der Waals surface area contributed by atoms with E-state index in [4.69, 9.17) is 4.74 Å². The van der Waals surface area contributed by atoms with Crippen molar-refractivity contribution in [3.05, 3.63) is 0 Å². The van der Waals surface area contributed by atoms with Crippen molar-refractivity contribution >= 4 is 15.8 Å². The predicted molar refractivity (Wildman–Crippen MR) is 62.5 cm³/mol. The summed E-state index contributed by atoms with van der Waals surface area (Å²) in [5.74, 6) is -0.192. The van der Waals surface area contributed by atoms with E-state index in [1.165, 1.54) is 13.4 Å². The molecule has 0 saturated carbocycles. The van der Waals surface area contributed by atoms with Crippen LogP contribution < -0.4 is 0 Å². The summed E-state index contributed by atoms with van der Waals surface area (Å²) in [6.45, 7) is 2.07. The molecule has 1 atom stereocenters. The monoisotopic (exact) mass is 265 g/mol. The van der Waals surface area contributed by atoms with Gasteiger partial charge in [-0.1, -0.05) is 0 Å². The molecule has 0 aromatic heterocycles. The maximum atomic E-state index is 11.5. The van der Waals surface area contributed by atoms with Gasteiger partial charge in [-0.2, -0.15) is 0 Å². The van der Waals surface area contributed by atoms with E-state index in [1.807, 2.05) is 4.90 Å². The molecule has 17 heavy (non-hydrogen) atoms. The number of methoxy groups -OCH3 is 1. The van der Waals surface area contributed by atoms with Gasteiger partial charge in [-0.05, 0) is 6.42 Å². The highest BCUT2D eigenvalue weighted by atomic mass is 32.2. The lowest BCUT2D eigenvalue weighted by Gasteiger charge is -2.33. The van der Waals surface area contributed by atoms with Crippen LogP contribution in [-0.4, -0.2) is 70.8 Å². The van der Waals surface area contributed by atoms with Crippen LogP contribution in [0, 0.1) is 0 Å². The van der Waals surface area contributed by atoms with E-state index in [0.29, 0.717) is 32.7 Å². The maximum absolute atomic E-state index is 11.5. The molecule has 1 rings (SSSR count). The van der Waals surface area contributed by atoms with Crippen LogP contribution in [0.1, 0.15) is 6.42 Å². The molecule has 1 fully saturated rings. The molecule has 1 heterocycles. The van der Waals surface area contributed by atoms with Crippen LogP contribution in [0.3, 0.4) is 0 Å². The molecule has 1 saturated heterocycles. The Kier molecular flexibility index (Phi) is 5.35. The lowest BCUT2D eigenvalue weighted by atomic mass is 10.2. The first-order valence-corrected chi connectivity index (χ1v) is 7.57. The molecule has 1 aliphatic heterocycles. The van der Waals surface area contributed by atoms with Crippen molar-refractivity contribution in [3.8, 4) is 0 Å². The number of morpholine rings is 1. The molecule has 6 nitrogen and oxygen atoms in total. The number of ether oxygens (including phenoxy) is 2. The number of carbonyl (C=O) groups is 1. The van der Waals surface area contributed by atoms with Crippen LogP contribution in [0.5, 0.6) is 0 Å². The molecule has 7 heteroatoms. The van der Waals surface area contributed by atoms with Crippen molar-refractivity contribution in [2.24, 2.45) is 0 Å². The Morgan fingerprint density at radius 1 is 1.53 bits per heavy atom. The van der Waals surface area contributed by atoms with Crippen LogP contribution in [0.4, 0.5) is 0 Å². The molecule has 0 aliphatic carbocycles. The minimum absolute atomic E-state index is 0.137. The Morgan fingerprint density at radius 2 is 2.24 bits per heavy atom. The smallest absolute Gasteiger partial charge is 0.325 e. The van der Waals surface area contributed by atoms with E-state index < -0.39 is 15.9 Å². The molecule has 0 N–H and O–H groups in total. The number of carbonyl (C=O) groups excluding carboxylic acids is 1. The lowest BCUT2D eigenvalue weighted by Crippen LogP contribution is -2.50. The second-order valence-corrected chi connectivity index (χ2v) is 6.39. The van der Waals surface area contributed by atoms with Crippen molar-refractivity contribution in [3.63, 3.8) is 0 Å². The summed E-state index contributed by atoms with van der Waals surface area (Å²) < 4.78 is 31.9. The fraction of sp³-hybridized carbons (Fsp3) is 0.900. The summed E-state index contributed by atoms with van der Waals surface area (Å²) in [6.07, 6.45) is 1.73. The number of hydrogen-bond donors (Lipinski definition) is 0. The number of nitrogens with zero attached hydrogens (tertiary/aromatic N) is 1. The van der Waals surface area contributed by atoms with Gasteiger partial charge in [-0.25, -0.2) is 8.42 Å². The van der Waals surface area contributed by atoms with E-state index in [1.54, 1.807) is 0 Å². The molecule has 0 spiro atoms. The minimum Gasteiger partial charge on any atom is -0.468 e. The largest absolute Gasteiger partial charge is 0.468 e. The molecule has 0 amide bonds. The SMILES string of the molecule is COC(=O)C1COCCN1CCCS(C)(=O)=O. The molecule has 100 valence electrons. The van der Waals surface area contributed by atoms with Gasteiger partial charge in [0.05, 0.1) is 26.1 Å². The summed E-state index contributed by atoms with van der Waals surface area (Å²) in [5.41, 5.74) is 0. The van der Waals surface area contributed by atoms with Crippen molar-refractivity contribution < 1.29 is 22.7 Å². The average molecular weight is 265 g/mol. The number of sulfone groups is 1. The zero-order valence-corrected chi connectivity index (χ0v) is 11.0. The summed E-state index contributed by atoms with van der Waals surface area (Å²) >= 11 is 0. The fourth-order valence-corrected chi connectivity index (χ4v) is 2.44. The van der Waals surface area contributed by atoms with E-state index >= 15 is 0 Å².